The van der Waals surface area contributed by atoms with Crippen molar-refractivity contribution in [2.45, 2.75) is 44.9 Å². The number of rotatable bonds is 8. The van der Waals surface area contributed by atoms with Crippen molar-refractivity contribution >= 4 is 21.9 Å². The molecule has 0 radical (unpaired) electrons. The molecule has 2 heterocycles. The lowest BCUT2D eigenvalue weighted by Crippen LogP contribution is -2.43. The number of amides is 1. The van der Waals surface area contributed by atoms with Crippen LogP contribution in [-0.2, 0) is 33.0 Å². The topological polar surface area (TPSA) is 97.7 Å². The molecule has 1 aromatic carbocycles. The largest absolute Gasteiger partial charge is 0.462 e. The van der Waals surface area contributed by atoms with Gasteiger partial charge in [0.05, 0.1) is 6.61 Å². The molecule has 0 unspecified atom stereocenters. The van der Waals surface area contributed by atoms with E-state index in [-0.39, 0.29) is 42.0 Å². The minimum absolute atomic E-state index is 0.00622. The first-order chi connectivity index (χ1) is 15.7. The van der Waals surface area contributed by atoms with Crippen molar-refractivity contribution in [3.05, 3.63) is 52.8 Å². The summed E-state index contributed by atoms with van der Waals surface area (Å²) in [6.45, 7) is 6.26. The maximum atomic E-state index is 13.5. The first kappa shape index (κ1) is 25.0. The van der Waals surface area contributed by atoms with E-state index in [0.717, 1.165) is 12.0 Å². The van der Waals surface area contributed by atoms with Crippen LogP contribution in [0.5, 0.6) is 0 Å². The van der Waals surface area contributed by atoms with Crippen molar-refractivity contribution in [3.63, 3.8) is 0 Å². The molecule has 0 aliphatic carbocycles. The molecule has 0 atom stereocenters. The van der Waals surface area contributed by atoms with Gasteiger partial charge in [-0.05, 0) is 45.6 Å². The van der Waals surface area contributed by atoms with Gasteiger partial charge < -0.3 is 14.6 Å². The molecule has 1 amide bonds. The molecule has 180 valence electrons. The van der Waals surface area contributed by atoms with Gasteiger partial charge in [0.2, 0.25) is 15.9 Å². The van der Waals surface area contributed by atoms with Gasteiger partial charge in [-0.3, -0.25) is 4.79 Å². The number of piperidine rings is 1. The molecule has 33 heavy (non-hydrogen) atoms. The van der Waals surface area contributed by atoms with Crippen molar-refractivity contribution in [1.29, 1.82) is 0 Å². The average molecular weight is 476 g/mol. The highest BCUT2D eigenvalue weighted by Gasteiger charge is 2.38. The second kappa shape index (κ2) is 10.5. The third-order valence-electron chi connectivity index (χ3n) is 6.38. The van der Waals surface area contributed by atoms with Crippen LogP contribution in [0.4, 0.5) is 0 Å². The van der Waals surface area contributed by atoms with Gasteiger partial charge >= 0.3 is 5.97 Å². The molecule has 9 heteroatoms. The molecule has 8 nitrogen and oxygen atoms in total. The second-order valence-corrected chi connectivity index (χ2v) is 10.2. The van der Waals surface area contributed by atoms with Crippen molar-refractivity contribution < 1.29 is 22.7 Å². The van der Waals surface area contributed by atoms with Gasteiger partial charge in [0, 0.05) is 44.0 Å². The van der Waals surface area contributed by atoms with Crippen LogP contribution in [-0.4, -0.2) is 55.4 Å². The predicted octanol–water partition coefficient (Wildman–Crippen LogP) is 2.58. The van der Waals surface area contributed by atoms with E-state index in [0.29, 0.717) is 30.8 Å². The lowest BCUT2D eigenvalue weighted by molar-refractivity contribution is -0.126. The minimum Gasteiger partial charge on any atom is -0.462 e. The van der Waals surface area contributed by atoms with Gasteiger partial charge in [-0.2, -0.15) is 4.31 Å². The van der Waals surface area contributed by atoms with Crippen LogP contribution in [0.25, 0.3) is 0 Å². The molecule has 1 aromatic heterocycles. The van der Waals surface area contributed by atoms with Crippen molar-refractivity contribution in [3.8, 4) is 0 Å². The number of ether oxygens (including phenoxy) is 1. The number of nitrogens with one attached hydrogen (secondary N) is 1. The Kier molecular flexibility index (Phi) is 7.97. The summed E-state index contributed by atoms with van der Waals surface area (Å²) in [6, 6.07) is 9.94. The van der Waals surface area contributed by atoms with Gasteiger partial charge in [-0.1, -0.05) is 30.3 Å². The Labute approximate surface area is 196 Å². The maximum absolute atomic E-state index is 13.5. The van der Waals surface area contributed by atoms with Crippen LogP contribution in [0.15, 0.2) is 35.2 Å². The van der Waals surface area contributed by atoms with Crippen molar-refractivity contribution in [1.82, 2.24) is 14.2 Å². The van der Waals surface area contributed by atoms with Crippen molar-refractivity contribution in [2.75, 3.05) is 26.2 Å². The Balaban J connectivity index is 1.66. The molecule has 3 rings (SSSR count). The number of esters is 1. The van der Waals surface area contributed by atoms with Gasteiger partial charge in [-0.15, -0.1) is 0 Å². The summed E-state index contributed by atoms with van der Waals surface area (Å²) in [5, 5.41) is 2.97. The Hall–Kier alpha value is -2.65. The molecule has 1 aliphatic heterocycles. The molecule has 2 aromatic rings. The number of aromatic nitrogens is 1. The monoisotopic (exact) mass is 475 g/mol. The van der Waals surface area contributed by atoms with Gasteiger partial charge in [0.15, 0.2) is 0 Å². The fourth-order valence-corrected chi connectivity index (χ4v) is 6.23. The fraction of sp³-hybridized carbons (Fsp3) is 0.500. The van der Waals surface area contributed by atoms with Gasteiger partial charge in [0.1, 0.15) is 10.5 Å². The van der Waals surface area contributed by atoms with Gasteiger partial charge in [0.25, 0.3) is 0 Å². The molecule has 1 N–H and O–H groups in total. The Morgan fingerprint density at radius 3 is 2.33 bits per heavy atom. The van der Waals surface area contributed by atoms with E-state index in [1.165, 1.54) is 4.31 Å². The lowest BCUT2D eigenvalue weighted by Gasteiger charge is -2.30. The Bertz CT molecular complexity index is 1100. The Morgan fingerprint density at radius 1 is 1.09 bits per heavy atom. The zero-order chi connectivity index (χ0) is 24.2. The van der Waals surface area contributed by atoms with Crippen LogP contribution in [0.1, 0.15) is 47.1 Å². The predicted molar refractivity (Wildman–Crippen MR) is 125 cm³/mol. The molecule has 1 saturated heterocycles. The van der Waals surface area contributed by atoms with E-state index in [4.69, 9.17) is 4.74 Å². The highest BCUT2D eigenvalue weighted by atomic mass is 32.2. The number of carbonyl (C=O) groups excluding carboxylic acids is 2. The van der Waals surface area contributed by atoms with Crippen LogP contribution in [0, 0.1) is 19.8 Å². The van der Waals surface area contributed by atoms with E-state index in [1.807, 2.05) is 30.3 Å². The highest BCUT2D eigenvalue weighted by molar-refractivity contribution is 7.89. The standard InChI is InChI=1S/C24H33N3O5S/c1-5-32-24(29)21-17(2)26(4)18(3)22(21)33(30,31)27-15-12-20(13-16-27)23(28)25-14-11-19-9-7-6-8-10-19/h6-10,20H,5,11-16H2,1-4H3,(H,25,28). The zero-order valence-electron chi connectivity index (χ0n) is 19.8. The van der Waals surface area contributed by atoms with E-state index in [1.54, 1.807) is 32.4 Å². The second-order valence-electron chi connectivity index (χ2n) is 8.36. The molecular weight excluding hydrogens is 442 g/mol. The zero-order valence-corrected chi connectivity index (χ0v) is 20.6. The number of sulfonamides is 1. The van der Waals surface area contributed by atoms with Crippen LogP contribution in [0.3, 0.4) is 0 Å². The molecule has 0 bridgehead atoms. The summed E-state index contributed by atoms with van der Waals surface area (Å²) in [6.07, 6.45) is 1.63. The van der Waals surface area contributed by atoms with Crippen LogP contribution >= 0.6 is 0 Å². The van der Waals surface area contributed by atoms with E-state index in [2.05, 4.69) is 5.32 Å². The van der Waals surface area contributed by atoms with E-state index in [9.17, 15) is 18.0 Å². The van der Waals surface area contributed by atoms with E-state index >= 15 is 0 Å². The van der Waals surface area contributed by atoms with Gasteiger partial charge in [-0.25, -0.2) is 13.2 Å². The number of carbonyl (C=O) groups is 2. The van der Waals surface area contributed by atoms with Crippen molar-refractivity contribution in [2.24, 2.45) is 13.0 Å². The summed E-state index contributed by atoms with van der Waals surface area (Å²) in [4.78, 5) is 25.1. The molecule has 0 spiro atoms. The SMILES string of the molecule is CCOC(=O)c1c(S(=O)(=O)N2CCC(C(=O)NCCc3ccccc3)CC2)c(C)n(C)c1C. The third kappa shape index (κ3) is 5.30. The number of hydrogen-bond donors (Lipinski definition) is 1. The number of benzene rings is 1. The van der Waals surface area contributed by atoms with Crippen LogP contribution in [0.2, 0.25) is 0 Å². The van der Waals surface area contributed by atoms with E-state index < -0.39 is 16.0 Å². The average Bonchev–Trinajstić information content (AvgIpc) is 3.04. The molecule has 1 aliphatic rings. The lowest BCUT2D eigenvalue weighted by atomic mass is 9.97. The summed E-state index contributed by atoms with van der Waals surface area (Å²) in [5.41, 5.74) is 2.30. The first-order valence-corrected chi connectivity index (χ1v) is 12.8. The third-order valence-corrected chi connectivity index (χ3v) is 8.44. The minimum atomic E-state index is -3.91. The Morgan fingerprint density at radius 2 is 1.73 bits per heavy atom. The summed E-state index contributed by atoms with van der Waals surface area (Å²) in [7, 11) is -2.18. The maximum Gasteiger partial charge on any atom is 0.341 e. The normalized spacial score (nSPS) is 15.4. The molecular formula is C24H33N3O5S. The number of hydrogen-bond acceptors (Lipinski definition) is 5. The quantitative estimate of drug-likeness (QED) is 0.592. The molecule has 1 fully saturated rings. The number of nitrogens with zero attached hydrogens (tertiary/aromatic N) is 2. The van der Waals surface area contributed by atoms with Crippen LogP contribution < -0.4 is 5.32 Å². The molecule has 0 saturated carbocycles. The highest BCUT2D eigenvalue weighted by Crippen LogP contribution is 2.32. The first-order valence-electron chi connectivity index (χ1n) is 11.3. The summed E-state index contributed by atoms with van der Waals surface area (Å²) >= 11 is 0. The fourth-order valence-electron chi connectivity index (χ4n) is 4.28. The smallest absolute Gasteiger partial charge is 0.341 e. The summed E-state index contributed by atoms with van der Waals surface area (Å²) < 4.78 is 35.2. The summed E-state index contributed by atoms with van der Waals surface area (Å²) in [5.74, 6) is -0.901.